The highest BCUT2D eigenvalue weighted by molar-refractivity contribution is 7.99. The van der Waals surface area contributed by atoms with Crippen LogP contribution in [0.3, 0.4) is 0 Å². The quantitative estimate of drug-likeness (QED) is 0.720. The highest BCUT2D eigenvalue weighted by atomic mass is 32.2. The van der Waals surface area contributed by atoms with Crippen LogP contribution in [0.15, 0.2) is 0 Å². The lowest BCUT2D eigenvalue weighted by atomic mass is 10.3. The lowest BCUT2D eigenvalue weighted by molar-refractivity contribution is -0.131. The average molecular weight is 230 g/mol. The van der Waals surface area contributed by atoms with Crippen LogP contribution in [0, 0.1) is 5.92 Å². The fourth-order valence-corrected chi connectivity index (χ4v) is 2.51. The Morgan fingerprint density at radius 2 is 2.07 bits per heavy atom. The highest BCUT2D eigenvalue weighted by Gasteiger charge is 2.15. The summed E-state index contributed by atoms with van der Waals surface area (Å²) >= 11 is 1.89. The average Bonchev–Trinajstić information content (AvgIpc) is 2.25. The number of carbonyl (C=O) groups is 1. The Hall–Kier alpha value is -0.220. The third-order valence-corrected chi connectivity index (χ3v) is 3.78. The fourth-order valence-electron chi connectivity index (χ4n) is 1.55. The number of piperazine rings is 1. The SMILES string of the molecule is CC(C)CSCCC(=O)N1CCNCC1. The van der Waals surface area contributed by atoms with Crippen molar-refractivity contribution >= 4 is 17.7 Å². The molecule has 0 aromatic heterocycles. The van der Waals surface area contributed by atoms with Crippen molar-refractivity contribution in [1.29, 1.82) is 0 Å². The molecule has 1 rings (SSSR count). The molecule has 15 heavy (non-hydrogen) atoms. The molecule has 1 fully saturated rings. The number of nitrogens with zero attached hydrogens (tertiary/aromatic N) is 1. The van der Waals surface area contributed by atoms with Crippen LogP contribution in [0.2, 0.25) is 0 Å². The highest BCUT2D eigenvalue weighted by Crippen LogP contribution is 2.09. The largest absolute Gasteiger partial charge is 0.340 e. The first-order valence-corrected chi connectivity index (χ1v) is 6.92. The standard InChI is InChI=1S/C11H22N2OS/c1-10(2)9-15-8-3-11(14)13-6-4-12-5-7-13/h10,12H,3-9H2,1-2H3. The maximum atomic E-state index is 11.7. The van der Waals surface area contributed by atoms with Crippen LogP contribution in [0.5, 0.6) is 0 Å². The van der Waals surface area contributed by atoms with Gasteiger partial charge in [-0.15, -0.1) is 0 Å². The normalized spacial score (nSPS) is 17.1. The molecule has 3 nitrogen and oxygen atoms in total. The Morgan fingerprint density at radius 1 is 1.40 bits per heavy atom. The van der Waals surface area contributed by atoms with E-state index in [1.54, 1.807) is 0 Å². The monoisotopic (exact) mass is 230 g/mol. The summed E-state index contributed by atoms with van der Waals surface area (Å²) < 4.78 is 0. The molecule has 0 unspecified atom stereocenters. The summed E-state index contributed by atoms with van der Waals surface area (Å²) in [5.41, 5.74) is 0. The molecule has 0 aromatic rings. The number of hydrogen-bond donors (Lipinski definition) is 1. The van der Waals surface area contributed by atoms with Crippen LogP contribution in [0.1, 0.15) is 20.3 Å². The molecule has 0 aromatic carbocycles. The van der Waals surface area contributed by atoms with Crippen molar-refractivity contribution in [1.82, 2.24) is 10.2 Å². The summed E-state index contributed by atoms with van der Waals surface area (Å²) in [5, 5.41) is 3.25. The number of rotatable bonds is 5. The van der Waals surface area contributed by atoms with E-state index >= 15 is 0 Å². The summed E-state index contributed by atoms with van der Waals surface area (Å²) in [6, 6.07) is 0. The van der Waals surface area contributed by atoms with Gasteiger partial charge in [-0.1, -0.05) is 13.8 Å². The number of nitrogens with one attached hydrogen (secondary N) is 1. The summed E-state index contributed by atoms with van der Waals surface area (Å²) in [6.07, 6.45) is 0.706. The molecular formula is C11H22N2OS. The van der Waals surface area contributed by atoms with Gasteiger partial charge in [-0.3, -0.25) is 4.79 Å². The Morgan fingerprint density at radius 3 is 2.67 bits per heavy atom. The first kappa shape index (κ1) is 12.8. The van der Waals surface area contributed by atoms with E-state index in [4.69, 9.17) is 0 Å². The molecule has 0 saturated carbocycles. The zero-order chi connectivity index (χ0) is 11.1. The fraction of sp³-hybridized carbons (Fsp3) is 0.909. The minimum Gasteiger partial charge on any atom is -0.340 e. The maximum Gasteiger partial charge on any atom is 0.223 e. The van der Waals surface area contributed by atoms with Gasteiger partial charge in [-0.2, -0.15) is 11.8 Å². The smallest absolute Gasteiger partial charge is 0.223 e. The summed E-state index contributed by atoms with van der Waals surface area (Å²) in [5.74, 6) is 3.19. The molecule has 88 valence electrons. The van der Waals surface area contributed by atoms with Crippen molar-refractivity contribution in [3.63, 3.8) is 0 Å². The Labute approximate surface area is 97.0 Å². The first-order valence-electron chi connectivity index (χ1n) is 5.76. The molecule has 0 spiro atoms. The van der Waals surface area contributed by atoms with Gasteiger partial charge < -0.3 is 10.2 Å². The number of hydrogen-bond acceptors (Lipinski definition) is 3. The van der Waals surface area contributed by atoms with E-state index in [0.29, 0.717) is 12.3 Å². The van der Waals surface area contributed by atoms with E-state index in [2.05, 4.69) is 19.2 Å². The molecule has 4 heteroatoms. The molecule has 0 atom stereocenters. The topological polar surface area (TPSA) is 32.3 Å². The minimum atomic E-state index is 0.327. The summed E-state index contributed by atoms with van der Waals surface area (Å²) in [4.78, 5) is 13.7. The number of thioether (sulfide) groups is 1. The third-order valence-electron chi connectivity index (χ3n) is 2.38. The lowest BCUT2D eigenvalue weighted by Crippen LogP contribution is -2.46. The van der Waals surface area contributed by atoms with Crippen LogP contribution < -0.4 is 5.32 Å². The van der Waals surface area contributed by atoms with Gasteiger partial charge in [0, 0.05) is 38.4 Å². The molecule has 0 radical (unpaired) electrons. The van der Waals surface area contributed by atoms with Crippen LogP contribution in [-0.2, 0) is 4.79 Å². The van der Waals surface area contributed by atoms with Gasteiger partial charge in [-0.25, -0.2) is 0 Å². The molecule has 1 N–H and O–H groups in total. The van der Waals surface area contributed by atoms with Crippen molar-refractivity contribution < 1.29 is 4.79 Å². The Kier molecular flexibility index (Phi) is 6.10. The van der Waals surface area contributed by atoms with Crippen molar-refractivity contribution in [3.05, 3.63) is 0 Å². The second-order valence-corrected chi connectivity index (χ2v) is 5.50. The van der Waals surface area contributed by atoms with Gasteiger partial charge in [0.05, 0.1) is 0 Å². The van der Waals surface area contributed by atoms with Gasteiger partial charge in [0.2, 0.25) is 5.91 Å². The van der Waals surface area contributed by atoms with Crippen molar-refractivity contribution in [2.75, 3.05) is 37.7 Å². The summed E-state index contributed by atoms with van der Waals surface area (Å²) in [7, 11) is 0. The molecule has 0 bridgehead atoms. The number of amides is 1. The second kappa shape index (κ2) is 7.12. The van der Waals surface area contributed by atoms with Crippen LogP contribution in [-0.4, -0.2) is 48.5 Å². The predicted molar refractivity (Wildman–Crippen MR) is 66.2 cm³/mol. The zero-order valence-electron chi connectivity index (χ0n) is 9.79. The van der Waals surface area contributed by atoms with Crippen LogP contribution >= 0.6 is 11.8 Å². The van der Waals surface area contributed by atoms with Gasteiger partial charge in [-0.05, 0) is 11.7 Å². The van der Waals surface area contributed by atoms with Gasteiger partial charge in [0.1, 0.15) is 0 Å². The molecule has 0 aliphatic carbocycles. The predicted octanol–water partition coefficient (Wildman–Crippen LogP) is 1.20. The molecular weight excluding hydrogens is 208 g/mol. The summed E-state index contributed by atoms with van der Waals surface area (Å²) in [6.45, 7) is 8.09. The lowest BCUT2D eigenvalue weighted by Gasteiger charge is -2.27. The second-order valence-electron chi connectivity index (χ2n) is 4.35. The van der Waals surface area contributed by atoms with Gasteiger partial charge in [0.25, 0.3) is 0 Å². The van der Waals surface area contributed by atoms with E-state index in [0.717, 1.165) is 43.6 Å². The molecule has 1 aliphatic heterocycles. The van der Waals surface area contributed by atoms with E-state index in [9.17, 15) is 4.79 Å². The van der Waals surface area contributed by atoms with E-state index in [1.807, 2.05) is 16.7 Å². The van der Waals surface area contributed by atoms with E-state index in [1.165, 1.54) is 0 Å². The van der Waals surface area contributed by atoms with Crippen molar-refractivity contribution in [2.45, 2.75) is 20.3 Å². The maximum absolute atomic E-state index is 11.7. The third kappa shape index (κ3) is 5.42. The van der Waals surface area contributed by atoms with Crippen molar-refractivity contribution in [3.8, 4) is 0 Å². The molecule has 1 saturated heterocycles. The van der Waals surface area contributed by atoms with Gasteiger partial charge in [0.15, 0.2) is 0 Å². The number of carbonyl (C=O) groups excluding carboxylic acids is 1. The zero-order valence-corrected chi connectivity index (χ0v) is 10.6. The molecule has 1 amide bonds. The van der Waals surface area contributed by atoms with Crippen LogP contribution in [0.25, 0.3) is 0 Å². The first-order chi connectivity index (χ1) is 7.20. The molecule has 1 heterocycles. The molecule has 1 aliphatic rings. The van der Waals surface area contributed by atoms with E-state index in [-0.39, 0.29) is 0 Å². The Balaban J connectivity index is 2.07. The van der Waals surface area contributed by atoms with Crippen molar-refractivity contribution in [2.24, 2.45) is 5.92 Å². The van der Waals surface area contributed by atoms with Gasteiger partial charge >= 0.3 is 0 Å². The van der Waals surface area contributed by atoms with Crippen LogP contribution in [0.4, 0.5) is 0 Å². The minimum absolute atomic E-state index is 0.327. The Bertz CT molecular complexity index is 191. The van der Waals surface area contributed by atoms with E-state index < -0.39 is 0 Å².